The lowest BCUT2D eigenvalue weighted by Crippen LogP contribution is -2.29. The van der Waals surface area contributed by atoms with Gasteiger partial charge in [-0.05, 0) is 31.6 Å². The van der Waals surface area contributed by atoms with Crippen LogP contribution < -0.4 is 5.56 Å². The molecule has 0 unspecified atom stereocenters. The highest BCUT2D eigenvalue weighted by Crippen LogP contribution is 2.15. The predicted molar refractivity (Wildman–Crippen MR) is 60.0 cm³/mol. The third-order valence-electron chi connectivity index (χ3n) is 2.87. The van der Waals surface area contributed by atoms with Crippen LogP contribution in [0.1, 0.15) is 37.9 Å². The fourth-order valence-electron chi connectivity index (χ4n) is 2.15. The van der Waals surface area contributed by atoms with Crippen LogP contribution in [0.25, 0.3) is 0 Å². The number of aromatic nitrogens is 2. The van der Waals surface area contributed by atoms with Gasteiger partial charge in [0.25, 0.3) is 5.56 Å². The minimum atomic E-state index is 0.188. The first-order valence-corrected chi connectivity index (χ1v) is 5.75. The second-order valence-electron chi connectivity index (χ2n) is 4.73. The molecule has 0 saturated carbocycles. The monoisotopic (exact) mass is 206 g/mol. The van der Waals surface area contributed by atoms with Crippen LogP contribution in [0.4, 0.5) is 0 Å². The molecule has 0 amide bonds. The molecule has 0 atom stereocenters. The van der Waals surface area contributed by atoms with Gasteiger partial charge in [-0.2, -0.15) is 0 Å². The van der Waals surface area contributed by atoms with Crippen LogP contribution in [0.15, 0.2) is 11.1 Å². The Kier molecular flexibility index (Phi) is 2.89. The Morgan fingerprint density at radius 1 is 1.40 bits per heavy atom. The summed E-state index contributed by atoms with van der Waals surface area (Å²) in [5.41, 5.74) is 2.18. The van der Waals surface area contributed by atoms with Crippen molar-refractivity contribution in [1.29, 1.82) is 0 Å². The molecular formula is C12H18N2O. The summed E-state index contributed by atoms with van der Waals surface area (Å²) in [4.78, 5) is 16.5. The highest BCUT2D eigenvalue weighted by molar-refractivity contribution is 5.19. The molecule has 82 valence electrons. The van der Waals surface area contributed by atoms with Crippen LogP contribution in [-0.2, 0) is 19.4 Å². The number of rotatable bonds is 2. The molecule has 1 aliphatic carbocycles. The molecule has 0 N–H and O–H groups in total. The van der Waals surface area contributed by atoms with E-state index in [1.54, 1.807) is 10.9 Å². The Balaban J connectivity index is 2.39. The van der Waals surface area contributed by atoms with Crippen LogP contribution in [0.5, 0.6) is 0 Å². The van der Waals surface area contributed by atoms with E-state index in [2.05, 4.69) is 18.8 Å². The minimum absolute atomic E-state index is 0.188. The maximum absolute atomic E-state index is 12.1. The van der Waals surface area contributed by atoms with Gasteiger partial charge >= 0.3 is 0 Å². The minimum Gasteiger partial charge on any atom is -0.299 e. The van der Waals surface area contributed by atoms with Crippen LogP contribution in [-0.4, -0.2) is 9.55 Å². The standard InChI is InChI=1S/C12H18N2O/c1-9(2)7-14-8-13-11-6-4-3-5-10(11)12(14)15/h8-9H,3-7H2,1-2H3. The average Bonchev–Trinajstić information content (AvgIpc) is 2.22. The van der Waals surface area contributed by atoms with Crippen LogP contribution in [0, 0.1) is 5.92 Å². The number of nitrogens with zero attached hydrogens (tertiary/aromatic N) is 2. The Hall–Kier alpha value is -1.12. The SMILES string of the molecule is CC(C)Cn1cnc2c(c1=O)CCCC2. The average molecular weight is 206 g/mol. The van der Waals surface area contributed by atoms with E-state index >= 15 is 0 Å². The van der Waals surface area contributed by atoms with Gasteiger partial charge in [-0.25, -0.2) is 4.98 Å². The van der Waals surface area contributed by atoms with E-state index in [0.717, 1.165) is 37.1 Å². The Morgan fingerprint density at radius 3 is 2.87 bits per heavy atom. The lowest BCUT2D eigenvalue weighted by atomic mass is 9.97. The van der Waals surface area contributed by atoms with Gasteiger partial charge in [0.05, 0.1) is 12.0 Å². The maximum Gasteiger partial charge on any atom is 0.256 e. The zero-order valence-electron chi connectivity index (χ0n) is 9.49. The molecule has 0 saturated heterocycles. The summed E-state index contributed by atoms with van der Waals surface area (Å²) in [6.45, 7) is 5.01. The fraction of sp³-hybridized carbons (Fsp3) is 0.667. The van der Waals surface area contributed by atoms with E-state index in [-0.39, 0.29) is 5.56 Å². The molecule has 0 bridgehead atoms. The summed E-state index contributed by atoms with van der Waals surface area (Å²) in [6.07, 6.45) is 5.92. The zero-order valence-corrected chi connectivity index (χ0v) is 9.49. The van der Waals surface area contributed by atoms with Crippen molar-refractivity contribution in [2.75, 3.05) is 0 Å². The lowest BCUT2D eigenvalue weighted by molar-refractivity contribution is 0.495. The molecule has 1 aromatic rings. The molecule has 0 spiro atoms. The highest BCUT2D eigenvalue weighted by Gasteiger charge is 2.15. The van der Waals surface area contributed by atoms with E-state index in [0.29, 0.717) is 5.92 Å². The number of fused-ring (bicyclic) bond motifs is 1. The summed E-state index contributed by atoms with van der Waals surface area (Å²) in [5.74, 6) is 0.492. The van der Waals surface area contributed by atoms with E-state index < -0.39 is 0 Å². The molecule has 0 radical (unpaired) electrons. The van der Waals surface area contributed by atoms with Gasteiger partial charge in [0, 0.05) is 12.1 Å². The molecule has 1 heterocycles. The van der Waals surface area contributed by atoms with Crippen molar-refractivity contribution in [3.05, 3.63) is 27.9 Å². The van der Waals surface area contributed by atoms with Gasteiger partial charge in [0.1, 0.15) is 0 Å². The fourth-order valence-corrected chi connectivity index (χ4v) is 2.15. The first kappa shape index (κ1) is 10.4. The van der Waals surface area contributed by atoms with Crippen molar-refractivity contribution in [1.82, 2.24) is 9.55 Å². The summed E-state index contributed by atoms with van der Waals surface area (Å²) in [7, 11) is 0. The summed E-state index contributed by atoms with van der Waals surface area (Å²) in [6, 6.07) is 0. The van der Waals surface area contributed by atoms with Gasteiger partial charge in [0.15, 0.2) is 0 Å². The van der Waals surface area contributed by atoms with Crippen LogP contribution in [0.3, 0.4) is 0 Å². The predicted octanol–water partition coefficient (Wildman–Crippen LogP) is 1.78. The smallest absolute Gasteiger partial charge is 0.256 e. The van der Waals surface area contributed by atoms with Gasteiger partial charge in [-0.15, -0.1) is 0 Å². The third-order valence-corrected chi connectivity index (χ3v) is 2.87. The number of hydrogen-bond acceptors (Lipinski definition) is 2. The van der Waals surface area contributed by atoms with E-state index in [9.17, 15) is 4.79 Å². The lowest BCUT2D eigenvalue weighted by Gasteiger charge is -2.16. The molecule has 15 heavy (non-hydrogen) atoms. The quantitative estimate of drug-likeness (QED) is 0.739. The van der Waals surface area contributed by atoms with Crippen LogP contribution >= 0.6 is 0 Å². The largest absolute Gasteiger partial charge is 0.299 e. The Bertz CT molecular complexity index is 407. The van der Waals surface area contributed by atoms with Crippen LogP contribution in [0.2, 0.25) is 0 Å². The summed E-state index contributed by atoms with van der Waals surface area (Å²) >= 11 is 0. The van der Waals surface area contributed by atoms with Gasteiger partial charge < -0.3 is 0 Å². The Morgan fingerprint density at radius 2 is 2.13 bits per heavy atom. The third kappa shape index (κ3) is 2.11. The summed E-state index contributed by atoms with van der Waals surface area (Å²) in [5, 5.41) is 0. The van der Waals surface area contributed by atoms with E-state index in [1.807, 2.05) is 0 Å². The molecule has 3 heteroatoms. The normalized spacial score (nSPS) is 15.4. The van der Waals surface area contributed by atoms with E-state index in [4.69, 9.17) is 0 Å². The summed E-state index contributed by atoms with van der Waals surface area (Å²) < 4.78 is 1.76. The topological polar surface area (TPSA) is 34.9 Å². The first-order chi connectivity index (χ1) is 7.18. The molecule has 0 fully saturated rings. The molecule has 1 aliphatic rings. The highest BCUT2D eigenvalue weighted by atomic mass is 16.1. The van der Waals surface area contributed by atoms with Crippen molar-refractivity contribution >= 4 is 0 Å². The molecule has 1 aromatic heterocycles. The molecule has 2 rings (SSSR count). The molecule has 0 aromatic carbocycles. The van der Waals surface area contributed by atoms with Gasteiger partial charge in [0.2, 0.25) is 0 Å². The number of hydrogen-bond donors (Lipinski definition) is 0. The zero-order chi connectivity index (χ0) is 10.8. The van der Waals surface area contributed by atoms with E-state index in [1.165, 1.54) is 6.42 Å². The van der Waals surface area contributed by atoms with Crippen molar-refractivity contribution in [3.63, 3.8) is 0 Å². The first-order valence-electron chi connectivity index (χ1n) is 5.75. The van der Waals surface area contributed by atoms with Crippen molar-refractivity contribution in [2.24, 2.45) is 5.92 Å². The van der Waals surface area contributed by atoms with Gasteiger partial charge in [-0.3, -0.25) is 9.36 Å². The maximum atomic E-state index is 12.1. The number of aryl methyl sites for hydroxylation is 1. The second-order valence-corrected chi connectivity index (χ2v) is 4.73. The molecular weight excluding hydrogens is 188 g/mol. The Labute approximate surface area is 90.2 Å². The molecule has 0 aliphatic heterocycles. The van der Waals surface area contributed by atoms with Crippen molar-refractivity contribution in [3.8, 4) is 0 Å². The van der Waals surface area contributed by atoms with Crippen molar-refractivity contribution < 1.29 is 0 Å². The molecule has 3 nitrogen and oxygen atoms in total. The van der Waals surface area contributed by atoms with Gasteiger partial charge in [-0.1, -0.05) is 13.8 Å². The second kappa shape index (κ2) is 4.17. The van der Waals surface area contributed by atoms with Crippen molar-refractivity contribution in [2.45, 2.75) is 46.1 Å².